The van der Waals surface area contributed by atoms with Gasteiger partial charge in [-0.2, -0.15) is 0 Å². The van der Waals surface area contributed by atoms with Gasteiger partial charge in [-0.1, -0.05) is 42.3 Å². The lowest BCUT2D eigenvalue weighted by atomic mass is 9.73. The second-order valence-electron chi connectivity index (χ2n) is 6.04. The van der Waals surface area contributed by atoms with Crippen LogP contribution in [0.25, 0.3) is 0 Å². The number of anilines is 1. The number of carbonyl (C=O) groups is 1. The van der Waals surface area contributed by atoms with Crippen molar-refractivity contribution in [3.8, 4) is 18.1 Å². The van der Waals surface area contributed by atoms with Gasteiger partial charge in [-0.25, -0.2) is 0 Å². The zero-order valence-corrected chi connectivity index (χ0v) is 14.0. The zero-order chi connectivity index (χ0) is 17.5. The molecule has 1 amide bonds. The molecule has 0 bridgehead atoms. The minimum Gasteiger partial charge on any atom is -0.481 e. The Kier molecular flexibility index (Phi) is 5.37. The molecule has 3 rings (SSSR count). The highest BCUT2D eigenvalue weighted by Crippen LogP contribution is 2.36. The Bertz CT molecular complexity index is 758. The third kappa shape index (κ3) is 3.84. The molecule has 0 unspecified atom stereocenters. The topological polar surface area (TPSA) is 47.6 Å². The molecule has 0 saturated carbocycles. The molecule has 4 heteroatoms. The fourth-order valence-electron chi connectivity index (χ4n) is 3.16. The van der Waals surface area contributed by atoms with Crippen LogP contribution in [-0.2, 0) is 14.9 Å². The van der Waals surface area contributed by atoms with Crippen molar-refractivity contribution in [2.75, 3.05) is 25.1 Å². The maximum Gasteiger partial charge on any atom is 0.235 e. The molecule has 1 aliphatic heterocycles. The van der Waals surface area contributed by atoms with Crippen LogP contribution in [0, 0.1) is 12.3 Å². The molecule has 1 saturated heterocycles. The van der Waals surface area contributed by atoms with Crippen LogP contribution in [0.3, 0.4) is 0 Å². The number of ether oxygens (including phenoxy) is 2. The van der Waals surface area contributed by atoms with Gasteiger partial charge in [0.05, 0.1) is 5.41 Å². The predicted octanol–water partition coefficient (Wildman–Crippen LogP) is 3.39. The predicted molar refractivity (Wildman–Crippen MR) is 97.6 cm³/mol. The van der Waals surface area contributed by atoms with E-state index in [1.165, 1.54) is 0 Å². The molecule has 0 aliphatic carbocycles. The molecule has 2 aromatic rings. The lowest BCUT2D eigenvalue weighted by Crippen LogP contribution is -2.44. The molecule has 0 aromatic heterocycles. The van der Waals surface area contributed by atoms with Gasteiger partial charge in [-0.15, -0.1) is 6.42 Å². The molecular weight excluding hydrogens is 314 g/mol. The number of benzene rings is 2. The van der Waals surface area contributed by atoms with E-state index in [1.54, 1.807) is 6.07 Å². The van der Waals surface area contributed by atoms with Gasteiger partial charge in [0.15, 0.2) is 0 Å². The number of amides is 1. The number of rotatable bonds is 5. The smallest absolute Gasteiger partial charge is 0.235 e. The van der Waals surface area contributed by atoms with Gasteiger partial charge >= 0.3 is 0 Å². The van der Waals surface area contributed by atoms with Crippen molar-refractivity contribution < 1.29 is 14.3 Å². The average Bonchev–Trinajstić information content (AvgIpc) is 2.68. The minimum absolute atomic E-state index is 0.0175. The average molecular weight is 335 g/mol. The molecule has 0 radical (unpaired) electrons. The van der Waals surface area contributed by atoms with Crippen molar-refractivity contribution >= 4 is 11.6 Å². The van der Waals surface area contributed by atoms with Gasteiger partial charge in [0.2, 0.25) is 5.91 Å². The molecule has 0 spiro atoms. The Balaban J connectivity index is 1.83. The maximum atomic E-state index is 13.2. The maximum absolute atomic E-state index is 13.2. The molecule has 1 aliphatic rings. The number of hydrogen-bond donors (Lipinski definition) is 1. The summed E-state index contributed by atoms with van der Waals surface area (Å²) >= 11 is 0. The Morgan fingerprint density at radius 2 is 1.92 bits per heavy atom. The van der Waals surface area contributed by atoms with E-state index in [2.05, 4.69) is 11.2 Å². The highest BCUT2D eigenvalue weighted by Gasteiger charge is 2.41. The van der Waals surface area contributed by atoms with E-state index in [0.717, 1.165) is 5.56 Å². The molecule has 1 heterocycles. The van der Waals surface area contributed by atoms with Crippen molar-refractivity contribution in [3.05, 3.63) is 60.2 Å². The molecule has 25 heavy (non-hydrogen) atoms. The van der Waals surface area contributed by atoms with E-state index < -0.39 is 5.41 Å². The summed E-state index contributed by atoms with van der Waals surface area (Å²) in [7, 11) is 0. The summed E-state index contributed by atoms with van der Waals surface area (Å²) < 4.78 is 10.9. The molecule has 0 atom stereocenters. The molecule has 1 fully saturated rings. The van der Waals surface area contributed by atoms with E-state index in [4.69, 9.17) is 15.9 Å². The number of hydrogen-bond acceptors (Lipinski definition) is 3. The minimum atomic E-state index is -0.574. The molecule has 1 N–H and O–H groups in total. The van der Waals surface area contributed by atoms with Gasteiger partial charge in [0.1, 0.15) is 12.4 Å². The second kappa shape index (κ2) is 7.87. The Hall–Kier alpha value is -2.77. The van der Waals surface area contributed by atoms with Gasteiger partial charge in [0, 0.05) is 25.0 Å². The first-order chi connectivity index (χ1) is 12.2. The first-order valence-corrected chi connectivity index (χ1v) is 8.36. The van der Waals surface area contributed by atoms with Crippen LogP contribution in [0.4, 0.5) is 5.69 Å². The fourth-order valence-corrected chi connectivity index (χ4v) is 3.16. The molecule has 4 nitrogen and oxygen atoms in total. The van der Waals surface area contributed by atoms with E-state index >= 15 is 0 Å². The summed E-state index contributed by atoms with van der Waals surface area (Å²) in [4.78, 5) is 13.2. The monoisotopic (exact) mass is 335 g/mol. The van der Waals surface area contributed by atoms with Crippen molar-refractivity contribution in [3.63, 3.8) is 0 Å². The summed E-state index contributed by atoms with van der Waals surface area (Å²) in [5.74, 6) is 3.05. The highest BCUT2D eigenvalue weighted by molar-refractivity contribution is 5.99. The fraction of sp³-hybridized carbons (Fsp3) is 0.286. The van der Waals surface area contributed by atoms with Crippen molar-refractivity contribution in [1.29, 1.82) is 0 Å². The van der Waals surface area contributed by atoms with E-state index in [1.807, 2.05) is 48.5 Å². The Morgan fingerprint density at radius 3 is 2.64 bits per heavy atom. The van der Waals surface area contributed by atoms with Crippen LogP contribution in [0.2, 0.25) is 0 Å². The van der Waals surface area contributed by atoms with Crippen LogP contribution in [0.5, 0.6) is 5.75 Å². The van der Waals surface area contributed by atoms with E-state index in [0.29, 0.717) is 37.5 Å². The largest absolute Gasteiger partial charge is 0.481 e. The Morgan fingerprint density at radius 1 is 1.16 bits per heavy atom. The quantitative estimate of drug-likeness (QED) is 0.852. The van der Waals surface area contributed by atoms with Gasteiger partial charge in [-0.05, 0) is 30.5 Å². The lowest BCUT2D eigenvalue weighted by molar-refractivity contribution is -0.125. The third-order valence-corrected chi connectivity index (χ3v) is 4.52. The van der Waals surface area contributed by atoms with Crippen LogP contribution >= 0.6 is 0 Å². The summed E-state index contributed by atoms with van der Waals surface area (Å²) in [6.45, 7) is 1.35. The first kappa shape index (κ1) is 17.1. The number of nitrogens with one attached hydrogen (secondary N) is 1. The van der Waals surface area contributed by atoms with Crippen LogP contribution in [-0.4, -0.2) is 25.7 Å². The Labute approximate surface area is 148 Å². The standard InChI is InChI=1S/C21H21NO3/c1-2-13-25-19-10-6-9-18(16-19)22-20(23)21(11-14-24-15-12-21)17-7-4-3-5-8-17/h1,3-10,16H,11-15H2,(H,22,23). The van der Waals surface area contributed by atoms with Crippen molar-refractivity contribution in [1.82, 2.24) is 0 Å². The van der Waals surface area contributed by atoms with Crippen LogP contribution in [0.1, 0.15) is 18.4 Å². The molecule has 2 aromatic carbocycles. The normalized spacial score (nSPS) is 15.8. The number of carbonyl (C=O) groups excluding carboxylic acids is 1. The van der Waals surface area contributed by atoms with E-state index in [-0.39, 0.29) is 12.5 Å². The summed E-state index contributed by atoms with van der Waals surface area (Å²) in [6.07, 6.45) is 6.54. The van der Waals surface area contributed by atoms with Gasteiger partial charge in [-0.3, -0.25) is 4.79 Å². The van der Waals surface area contributed by atoms with Gasteiger partial charge in [0.25, 0.3) is 0 Å². The van der Waals surface area contributed by atoms with E-state index in [9.17, 15) is 4.79 Å². The molecule has 128 valence electrons. The van der Waals surface area contributed by atoms with Crippen LogP contribution < -0.4 is 10.1 Å². The zero-order valence-electron chi connectivity index (χ0n) is 14.0. The van der Waals surface area contributed by atoms with Crippen LogP contribution in [0.15, 0.2) is 54.6 Å². The van der Waals surface area contributed by atoms with Crippen molar-refractivity contribution in [2.45, 2.75) is 18.3 Å². The van der Waals surface area contributed by atoms with Gasteiger partial charge < -0.3 is 14.8 Å². The SMILES string of the molecule is C#CCOc1cccc(NC(=O)C2(c3ccccc3)CCOCC2)c1. The first-order valence-electron chi connectivity index (χ1n) is 8.36. The third-order valence-electron chi connectivity index (χ3n) is 4.52. The highest BCUT2D eigenvalue weighted by atomic mass is 16.5. The summed E-state index contributed by atoms with van der Waals surface area (Å²) in [5.41, 5.74) is 1.15. The second-order valence-corrected chi connectivity index (χ2v) is 6.04. The molecular formula is C21H21NO3. The summed E-state index contributed by atoms with van der Waals surface area (Å²) in [6, 6.07) is 17.2. The summed E-state index contributed by atoms with van der Waals surface area (Å²) in [5, 5.41) is 3.04. The number of terminal acetylenes is 1. The van der Waals surface area contributed by atoms with Crippen molar-refractivity contribution in [2.24, 2.45) is 0 Å². The lowest BCUT2D eigenvalue weighted by Gasteiger charge is -2.36.